The Morgan fingerprint density at radius 3 is 2.24 bits per heavy atom. The summed E-state index contributed by atoms with van der Waals surface area (Å²) in [5, 5.41) is 9.33. The molecule has 4 nitrogen and oxygen atoms in total. The zero-order valence-electron chi connectivity index (χ0n) is 15.7. The smallest absolute Gasteiger partial charge is 0.232 e. The first-order valence-electron chi connectivity index (χ1n) is 9.74. The molecular weight excluding hydrogens is 356 g/mol. The van der Waals surface area contributed by atoms with E-state index in [1.54, 1.807) is 0 Å². The van der Waals surface area contributed by atoms with E-state index in [1.165, 1.54) is 10.8 Å². The van der Waals surface area contributed by atoms with Crippen molar-refractivity contribution < 1.29 is 0 Å². The number of nitrogens with zero attached hydrogens (tertiary/aromatic N) is 4. The highest BCUT2D eigenvalue weighted by Gasteiger charge is 2.25. The van der Waals surface area contributed by atoms with Crippen molar-refractivity contribution >= 4 is 39.2 Å². The van der Waals surface area contributed by atoms with Gasteiger partial charge in [0, 0.05) is 5.39 Å². The first-order valence-corrected chi connectivity index (χ1v) is 9.74. The molecule has 0 atom stereocenters. The van der Waals surface area contributed by atoms with Crippen LogP contribution in [0.15, 0.2) is 102 Å². The van der Waals surface area contributed by atoms with Crippen LogP contribution in [0.2, 0.25) is 0 Å². The molecule has 0 saturated heterocycles. The van der Waals surface area contributed by atoms with Crippen molar-refractivity contribution in [3.63, 3.8) is 0 Å². The molecule has 29 heavy (non-hydrogen) atoms. The Bertz CT molecular complexity index is 1370. The third-order valence-electron chi connectivity index (χ3n) is 5.45. The summed E-state index contributed by atoms with van der Waals surface area (Å²) in [6.45, 7) is 0.692. The molecule has 0 bridgehead atoms. The number of hydrogen-bond acceptors (Lipinski definition) is 3. The molecule has 0 amide bonds. The van der Waals surface area contributed by atoms with Gasteiger partial charge in [-0.05, 0) is 29.1 Å². The molecule has 6 rings (SSSR count). The van der Waals surface area contributed by atoms with Gasteiger partial charge in [-0.3, -0.25) is 0 Å². The van der Waals surface area contributed by atoms with Gasteiger partial charge in [-0.1, -0.05) is 78.9 Å². The van der Waals surface area contributed by atoms with Gasteiger partial charge >= 0.3 is 0 Å². The number of hydrazone groups is 1. The van der Waals surface area contributed by atoms with Crippen molar-refractivity contribution in [2.45, 2.75) is 6.54 Å². The second-order valence-corrected chi connectivity index (χ2v) is 7.21. The average Bonchev–Trinajstić information content (AvgIpc) is 3.19. The van der Waals surface area contributed by atoms with Crippen molar-refractivity contribution in [3.8, 4) is 0 Å². The van der Waals surface area contributed by atoms with E-state index in [0.717, 1.165) is 33.9 Å². The third-order valence-corrected chi connectivity index (χ3v) is 5.45. The first-order chi connectivity index (χ1) is 14.4. The number of hydrogen-bond donors (Lipinski definition) is 0. The van der Waals surface area contributed by atoms with Crippen LogP contribution < -0.4 is 5.01 Å². The van der Waals surface area contributed by atoms with E-state index in [1.807, 2.05) is 29.3 Å². The predicted octanol–water partition coefficient (Wildman–Crippen LogP) is 5.75. The molecule has 2 heterocycles. The summed E-state index contributed by atoms with van der Waals surface area (Å²) in [6.07, 6.45) is 0. The fraction of sp³-hybridized carbons (Fsp3) is 0.0400. The highest BCUT2D eigenvalue weighted by Crippen LogP contribution is 2.35. The lowest BCUT2D eigenvalue weighted by Crippen LogP contribution is -2.27. The number of imidazole rings is 1. The Balaban J connectivity index is 1.62. The van der Waals surface area contributed by atoms with Gasteiger partial charge < -0.3 is 4.57 Å². The van der Waals surface area contributed by atoms with Crippen molar-refractivity contribution in [3.05, 3.63) is 103 Å². The van der Waals surface area contributed by atoms with Crippen molar-refractivity contribution in [2.75, 3.05) is 5.01 Å². The van der Waals surface area contributed by atoms with E-state index in [-0.39, 0.29) is 0 Å². The summed E-state index contributed by atoms with van der Waals surface area (Å²) in [5.41, 5.74) is 5.30. The molecule has 5 aromatic rings. The van der Waals surface area contributed by atoms with Crippen LogP contribution in [0.4, 0.5) is 11.6 Å². The summed E-state index contributed by atoms with van der Waals surface area (Å²) < 4.78 is 2.27. The summed E-state index contributed by atoms with van der Waals surface area (Å²) in [5.74, 6) is 0.849. The second-order valence-electron chi connectivity index (χ2n) is 7.21. The summed E-state index contributed by atoms with van der Waals surface area (Å²) in [4.78, 5) is 5.05. The maximum atomic E-state index is 5.05. The molecule has 0 N–H and O–H groups in total. The van der Waals surface area contributed by atoms with Crippen molar-refractivity contribution in [1.82, 2.24) is 9.55 Å². The van der Waals surface area contributed by atoms with Crippen LogP contribution in [0.3, 0.4) is 0 Å². The van der Waals surface area contributed by atoms with E-state index < -0.39 is 0 Å². The second kappa shape index (κ2) is 6.31. The van der Waals surface area contributed by atoms with Crippen molar-refractivity contribution in [2.24, 2.45) is 5.10 Å². The molecular formula is C25H18N4. The minimum Gasteiger partial charge on any atom is -0.302 e. The van der Waals surface area contributed by atoms with Crippen LogP contribution in [0, 0.1) is 0 Å². The number of benzene rings is 4. The van der Waals surface area contributed by atoms with Gasteiger partial charge in [-0.15, -0.1) is 0 Å². The largest absolute Gasteiger partial charge is 0.302 e. The van der Waals surface area contributed by atoms with E-state index in [4.69, 9.17) is 10.1 Å². The standard InChI is InChI=1S/C25H18N4/c1-3-10-19(11-4-1)22-17-28-23-16-15-18-9-7-8-14-21(18)24(23)26-25(28)29(27-22)20-12-5-2-6-13-20/h1-16H,17H2. The number of fused-ring (bicyclic) bond motifs is 5. The predicted molar refractivity (Wildman–Crippen MR) is 119 cm³/mol. The minimum absolute atomic E-state index is 0.692. The first kappa shape index (κ1) is 16.1. The number of para-hydroxylation sites is 1. The Morgan fingerprint density at radius 1 is 0.690 bits per heavy atom. The zero-order chi connectivity index (χ0) is 19.2. The molecule has 4 aromatic carbocycles. The lowest BCUT2D eigenvalue weighted by Gasteiger charge is -2.26. The van der Waals surface area contributed by atoms with Gasteiger partial charge in [0.25, 0.3) is 0 Å². The van der Waals surface area contributed by atoms with Crippen LogP contribution in [-0.2, 0) is 6.54 Å². The summed E-state index contributed by atoms with van der Waals surface area (Å²) in [7, 11) is 0. The molecule has 0 saturated carbocycles. The van der Waals surface area contributed by atoms with E-state index in [9.17, 15) is 0 Å². The van der Waals surface area contributed by atoms with Crippen LogP contribution >= 0.6 is 0 Å². The summed E-state index contributed by atoms with van der Waals surface area (Å²) >= 11 is 0. The van der Waals surface area contributed by atoms with E-state index >= 15 is 0 Å². The SMILES string of the molecule is c1ccc(C2=NN(c3ccccc3)c3nc4c5ccccc5ccc4n3C2)cc1. The average molecular weight is 374 g/mol. The Labute approximate surface area is 168 Å². The molecule has 0 spiro atoms. The topological polar surface area (TPSA) is 33.4 Å². The molecule has 0 aliphatic carbocycles. The third kappa shape index (κ3) is 2.53. The fourth-order valence-corrected chi connectivity index (χ4v) is 4.03. The highest BCUT2D eigenvalue weighted by atomic mass is 15.5. The molecule has 1 aromatic heterocycles. The maximum Gasteiger partial charge on any atom is 0.232 e. The van der Waals surface area contributed by atoms with Gasteiger partial charge in [0.15, 0.2) is 0 Å². The number of anilines is 2. The Kier molecular flexibility index (Phi) is 3.50. The molecule has 1 aliphatic rings. The maximum absolute atomic E-state index is 5.05. The monoisotopic (exact) mass is 374 g/mol. The number of rotatable bonds is 2. The Morgan fingerprint density at radius 2 is 1.41 bits per heavy atom. The molecule has 1 aliphatic heterocycles. The van der Waals surface area contributed by atoms with Crippen LogP contribution in [-0.4, -0.2) is 15.3 Å². The molecule has 138 valence electrons. The summed E-state index contributed by atoms with van der Waals surface area (Å²) in [6, 6.07) is 33.3. The Hall–Kier alpha value is -3.92. The van der Waals surface area contributed by atoms with Gasteiger partial charge in [0.1, 0.15) is 0 Å². The number of aromatic nitrogens is 2. The quantitative estimate of drug-likeness (QED) is 0.394. The van der Waals surface area contributed by atoms with Gasteiger partial charge in [-0.2, -0.15) is 10.1 Å². The van der Waals surface area contributed by atoms with E-state index in [2.05, 4.69) is 77.4 Å². The van der Waals surface area contributed by atoms with E-state index in [0.29, 0.717) is 6.54 Å². The van der Waals surface area contributed by atoms with Crippen LogP contribution in [0.1, 0.15) is 5.56 Å². The van der Waals surface area contributed by atoms with Gasteiger partial charge in [0.05, 0.1) is 29.0 Å². The molecule has 0 fully saturated rings. The fourth-order valence-electron chi connectivity index (χ4n) is 4.03. The lowest BCUT2D eigenvalue weighted by atomic mass is 10.1. The molecule has 0 radical (unpaired) electrons. The van der Waals surface area contributed by atoms with Crippen LogP contribution in [0.5, 0.6) is 0 Å². The highest BCUT2D eigenvalue weighted by molar-refractivity contribution is 6.08. The molecule has 4 heteroatoms. The van der Waals surface area contributed by atoms with Crippen molar-refractivity contribution in [1.29, 1.82) is 0 Å². The molecule has 0 unspecified atom stereocenters. The van der Waals surface area contributed by atoms with Crippen LogP contribution in [0.25, 0.3) is 21.8 Å². The lowest BCUT2D eigenvalue weighted by molar-refractivity contribution is 0.801. The zero-order valence-corrected chi connectivity index (χ0v) is 15.7. The minimum atomic E-state index is 0.692. The van der Waals surface area contributed by atoms with Gasteiger partial charge in [0.2, 0.25) is 5.95 Å². The normalized spacial score (nSPS) is 13.5. The van der Waals surface area contributed by atoms with Gasteiger partial charge in [-0.25, -0.2) is 4.98 Å².